The minimum atomic E-state index is -0.325. The van der Waals surface area contributed by atoms with Gasteiger partial charge in [0.25, 0.3) is 5.91 Å². The molecule has 4 aromatic heterocycles. The Morgan fingerprint density at radius 2 is 1.69 bits per heavy atom. The van der Waals surface area contributed by atoms with Crippen LogP contribution in [0.3, 0.4) is 0 Å². The normalized spacial score (nSPS) is 11.4. The highest BCUT2D eigenvalue weighted by Crippen LogP contribution is 2.31. The molecule has 10 heteroatoms. The fourth-order valence-corrected chi connectivity index (χ4v) is 4.60. The van der Waals surface area contributed by atoms with E-state index in [0.29, 0.717) is 39.4 Å². The number of nitrogens with one attached hydrogen (secondary N) is 1. The van der Waals surface area contributed by atoms with Gasteiger partial charge < -0.3 is 5.32 Å². The molecule has 0 unspecified atom stereocenters. The number of amides is 1. The fourth-order valence-electron chi connectivity index (χ4n) is 4.60. The number of halogens is 1. The summed E-state index contributed by atoms with van der Waals surface area (Å²) in [7, 11) is 3.69. The lowest BCUT2D eigenvalue weighted by molar-refractivity contribution is 0.102. The van der Waals surface area contributed by atoms with E-state index in [2.05, 4.69) is 20.6 Å². The predicted molar refractivity (Wildman–Crippen MR) is 135 cm³/mol. The van der Waals surface area contributed by atoms with Crippen LogP contribution >= 0.6 is 0 Å². The Morgan fingerprint density at radius 1 is 0.972 bits per heavy atom. The molecule has 1 aromatic carbocycles. The Bertz CT molecular complexity index is 1640. The van der Waals surface area contributed by atoms with E-state index >= 15 is 0 Å². The standard InChI is InChI=1S/C26H27FN8O/c1-14-11-22(32-35(14)13-18-9-7-8-10-20(18)27)29-26(36)19-12-21(23-15(2)30-33(5)17(23)4)28-25-24(19)16(3)31-34(25)6/h7-12H,13H2,1-6H3,(H,29,32,36). The first-order valence-corrected chi connectivity index (χ1v) is 11.6. The summed E-state index contributed by atoms with van der Waals surface area (Å²) in [5.74, 6) is -0.233. The van der Waals surface area contributed by atoms with Crippen LogP contribution in [0.5, 0.6) is 0 Å². The quantitative estimate of drug-likeness (QED) is 0.401. The lowest BCUT2D eigenvalue weighted by Crippen LogP contribution is -2.14. The van der Waals surface area contributed by atoms with Gasteiger partial charge in [0.15, 0.2) is 11.5 Å². The zero-order chi connectivity index (χ0) is 25.7. The van der Waals surface area contributed by atoms with Gasteiger partial charge in [0.1, 0.15) is 5.82 Å². The highest BCUT2D eigenvalue weighted by molar-refractivity contribution is 6.13. The summed E-state index contributed by atoms with van der Waals surface area (Å²) in [6.45, 7) is 7.88. The summed E-state index contributed by atoms with van der Waals surface area (Å²) in [4.78, 5) is 18.4. The van der Waals surface area contributed by atoms with Gasteiger partial charge >= 0.3 is 0 Å². The average molecular weight is 487 g/mol. The molecular weight excluding hydrogens is 459 g/mol. The number of nitrogens with zero attached hydrogens (tertiary/aromatic N) is 7. The van der Waals surface area contributed by atoms with Crippen LogP contribution in [0.4, 0.5) is 10.2 Å². The van der Waals surface area contributed by atoms with Gasteiger partial charge in [-0.15, -0.1) is 0 Å². The van der Waals surface area contributed by atoms with Crippen molar-refractivity contribution in [3.8, 4) is 11.3 Å². The number of anilines is 1. The monoisotopic (exact) mass is 486 g/mol. The highest BCUT2D eigenvalue weighted by Gasteiger charge is 2.23. The largest absolute Gasteiger partial charge is 0.305 e. The Hall–Kier alpha value is -4.34. The van der Waals surface area contributed by atoms with E-state index in [9.17, 15) is 9.18 Å². The highest BCUT2D eigenvalue weighted by atomic mass is 19.1. The van der Waals surface area contributed by atoms with Gasteiger partial charge in [0, 0.05) is 42.7 Å². The van der Waals surface area contributed by atoms with Gasteiger partial charge in [-0.05, 0) is 39.8 Å². The number of carbonyl (C=O) groups excluding carboxylic acids is 1. The van der Waals surface area contributed by atoms with Gasteiger partial charge in [-0.1, -0.05) is 18.2 Å². The average Bonchev–Trinajstić information content (AvgIpc) is 3.41. The number of aromatic nitrogens is 7. The second-order valence-electron chi connectivity index (χ2n) is 9.01. The molecule has 0 bridgehead atoms. The molecule has 0 aliphatic carbocycles. The number of aryl methyl sites for hydroxylation is 5. The third-order valence-corrected chi connectivity index (χ3v) is 6.48. The Balaban J connectivity index is 1.54. The zero-order valence-electron chi connectivity index (χ0n) is 21.1. The van der Waals surface area contributed by atoms with E-state index in [1.807, 2.05) is 41.8 Å². The summed E-state index contributed by atoms with van der Waals surface area (Å²) in [6.07, 6.45) is 0. The fraction of sp³-hybridized carbons (Fsp3) is 0.269. The predicted octanol–water partition coefficient (Wildman–Crippen LogP) is 4.24. The molecule has 0 atom stereocenters. The Labute approximate surface area is 207 Å². The maximum absolute atomic E-state index is 14.1. The molecule has 36 heavy (non-hydrogen) atoms. The summed E-state index contributed by atoms with van der Waals surface area (Å²) >= 11 is 0. The number of hydrogen-bond acceptors (Lipinski definition) is 5. The van der Waals surface area contributed by atoms with E-state index in [1.165, 1.54) is 6.07 Å². The van der Waals surface area contributed by atoms with Crippen molar-refractivity contribution in [2.24, 2.45) is 14.1 Å². The van der Waals surface area contributed by atoms with Crippen molar-refractivity contribution in [1.82, 2.24) is 34.3 Å². The lowest BCUT2D eigenvalue weighted by Gasteiger charge is -2.09. The van der Waals surface area contributed by atoms with Crippen LogP contribution in [-0.4, -0.2) is 40.2 Å². The van der Waals surface area contributed by atoms with Crippen molar-refractivity contribution in [3.63, 3.8) is 0 Å². The minimum absolute atomic E-state index is 0.263. The summed E-state index contributed by atoms with van der Waals surface area (Å²) in [5.41, 5.74) is 6.41. The molecule has 0 spiro atoms. The van der Waals surface area contributed by atoms with E-state index in [0.717, 1.165) is 22.6 Å². The molecular formula is C26H27FN8O. The second kappa shape index (κ2) is 8.71. The molecule has 0 saturated heterocycles. The number of fused-ring (bicyclic) bond motifs is 1. The maximum atomic E-state index is 14.1. The molecule has 4 heterocycles. The Morgan fingerprint density at radius 3 is 2.39 bits per heavy atom. The smallest absolute Gasteiger partial charge is 0.257 e. The van der Waals surface area contributed by atoms with Crippen LogP contribution in [0, 0.1) is 33.5 Å². The van der Waals surface area contributed by atoms with Gasteiger partial charge in [-0.2, -0.15) is 15.3 Å². The molecule has 0 radical (unpaired) electrons. The van der Waals surface area contributed by atoms with Gasteiger partial charge in [-0.3, -0.25) is 18.8 Å². The first-order chi connectivity index (χ1) is 17.1. The van der Waals surface area contributed by atoms with Gasteiger partial charge in [0.2, 0.25) is 0 Å². The molecule has 0 fully saturated rings. The van der Waals surface area contributed by atoms with Crippen molar-refractivity contribution in [2.45, 2.75) is 34.2 Å². The maximum Gasteiger partial charge on any atom is 0.257 e. The van der Waals surface area contributed by atoms with Crippen LogP contribution in [0.1, 0.15) is 38.7 Å². The Kier molecular flexibility index (Phi) is 5.66. The van der Waals surface area contributed by atoms with E-state index in [4.69, 9.17) is 4.98 Å². The number of carbonyl (C=O) groups is 1. The molecule has 5 rings (SSSR count). The van der Waals surface area contributed by atoms with Crippen LogP contribution in [0.2, 0.25) is 0 Å². The van der Waals surface area contributed by atoms with Crippen molar-refractivity contribution < 1.29 is 9.18 Å². The van der Waals surface area contributed by atoms with Crippen molar-refractivity contribution in [1.29, 1.82) is 0 Å². The van der Waals surface area contributed by atoms with E-state index < -0.39 is 0 Å². The van der Waals surface area contributed by atoms with E-state index in [1.54, 1.807) is 44.4 Å². The molecule has 1 N–H and O–H groups in total. The third kappa shape index (κ3) is 3.94. The van der Waals surface area contributed by atoms with Crippen LogP contribution in [0.15, 0.2) is 36.4 Å². The minimum Gasteiger partial charge on any atom is -0.305 e. The molecule has 5 aromatic rings. The van der Waals surface area contributed by atoms with Gasteiger partial charge in [-0.25, -0.2) is 9.37 Å². The van der Waals surface area contributed by atoms with Crippen molar-refractivity contribution >= 4 is 22.8 Å². The first-order valence-electron chi connectivity index (χ1n) is 11.6. The third-order valence-electron chi connectivity index (χ3n) is 6.48. The van der Waals surface area contributed by atoms with Crippen LogP contribution in [-0.2, 0) is 20.6 Å². The van der Waals surface area contributed by atoms with E-state index in [-0.39, 0.29) is 18.3 Å². The number of hydrogen-bond donors (Lipinski definition) is 1. The number of benzene rings is 1. The van der Waals surface area contributed by atoms with Crippen molar-refractivity contribution in [2.75, 3.05) is 5.32 Å². The number of pyridine rings is 1. The SMILES string of the molecule is Cc1nn(C)c(C)c1-c1cc(C(=O)Nc2cc(C)n(Cc3ccccc3F)n2)c2c(C)nn(C)c2n1. The summed E-state index contributed by atoms with van der Waals surface area (Å²) in [6, 6.07) is 10.1. The topological polar surface area (TPSA) is 95.5 Å². The molecule has 0 saturated carbocycles. The molecule has 9 nitrogen and oxygen atoms in total. The van der Waals surface area contributed by atoms with Crippen molar-refractivity contribution in [3.05, 3.63) is 76.1 Å². The van der Waals surface area contributed by atoms with Gasteiger partial charge in [0.05, 0.1) is 34.6 Å². The molecule has 1 amide bonds. The molecule has 0 aliphatic heterocycles. The second-order valence-corrected chi connectivity index (χ2v) is 9.01. The first kappa shape index (κ1) is 23.4. The zero-order valence-corrected chi connectivity index (χ0v) is 21.1. The molecule has 0 aliphatic rings. The van der Waals surface area contributed by atoms with Crippen LogP contribution < -0.4 is 5.32 Å². The molecule has 184 valence electrons. The summed E-state index contributed by atoms with van der Waals surface area (Å²) < 4.78 is 19.3. The number of rotatable bonds is 5. The summed E-state index contributed by atoms with van der Waals surface area (Å²) in [5, 5.41) is 17.1. The lowest BCUT2D eigenvalue weighted by atomic mass is 10.0. The van der Waals surface area contributed by atoms with Crippen LogP contribution in [0.25, 0.3) is 22.3 Å².